The molecule has 7 heteroatoms. The minimum atomic E-state index is -0.311. The predicted octanol–water partition coefficient (Wildman–Crippen LogP) is 3.53. The third-order valence-corrected chi connectivity index (χ3v) is 5.10. The van der Waals surface area contributed by atoms with Crippen molar-refractivity contribution < 1.29 is 9.59 Å². The van der Waals surface area contributed by atoms with Crippen LogP contribution in [-0.2, 0) is 4.79 Å². The Labute approximate surface area is 176 Å². The van der Waals surface area contributed by atoms with E-state index in [-0.39, 0.29) is 36.7 Å². The van der Waals surface area contributed by atoms with Crippen LogP contribution in [0.1, 0.15) is 34.8 Å². The van der Waals surface area contributed by atoms with Gasteiger partial charge in [0.1, 0.15) is 0 Å². The molecule has 1 heterocycles. The van der Waals surface area contributed by atoms with Crippen molar-refractivity contribution >= 4 is 35.8 Å². The van der Waals surface area contributed by atoms with Gasteiger partial charge in [0.15, 0.2) is 0 Å². The maximum absolute atomic E-state index is 12.7. The number of carbonyl (C=O) groups is 2. The zero-order valence-corrected chi connectivity index (χ0v) is 17.2. The molecule has 1 aliphatic rings. The molecule has 0 radical (unpaired) electrons. The summed E-state index contributed by atoms with van der Waals surface area (Å²) in [5, 5.41) is 0.606. The molecule has 1 unspecified atom stereocenters. The lowest BCUT2D eigenvalue weighted by molar-refractivity contribution is -0.131. The summed E-state index contributed by atoms with van der Waals surface area (Å²) >= 11 is 5.89. The van der Waals surface area contributed by atoms with Gasteiger partial charge in [-0.05, 0) is 36.2 Å². The number of hydrogen-bond acceptors (Lipinski definition) is 3. The van der Waals surface area contributed by atoms with Gasteiger partial charge in [0, 0.05) is 49.2 Å². The van der Waals surface area contributed by atoms with E-state index in [1.165, 1.54) is 0 Å². The molecule has 0 saturated carbocycles. The molecule has 0 aromatic heterocycles. The molecule has 1 saturated heterocycles. The highest BCUT2D eigenvalue weighted by atomic mass is 35.5. The van der Waals surface area contributed by atoms with Crippen molar-refractivity contribution in [1.82, 2.24) is 9.80 Å². The fourth-order valence-corrected chi connectivity index (χ4v) is 3.41. The van der Waals surface area contributed by atoms with Crippen LogP contribution in [0.4, 0.5) is 0 Å². The molecule has 3 rings (SSSR count). The molecular weight excluding hydrogens is 397 g/mol. The normalized spacial score (nSPS) is 15.4. The second kappa shape index (κ2) is 10.5. The molecule has 5 nitrogen and oxygen atoms in total. The maximum Gasteiger partial charge on any atom is 0.253 e. The summed E-state index contributed by atoms with van der Waals surface area (Å²) < 4.78 is 0. The van der Waals surface area contributed by atoms with E-state index < -0.39 is 0 Å². The van der Waals surface area contributed by atoms with E-state index in [0.717, 1.165) is 12.0 Å². The highest BCUT2D eigenvalue weighted by Gasteiger charge is 2.24. The van der Waals surface area contributed by atoms with Gasteiger partial charge < -0.3 is 15.5 Å². The summed E-state index contributed by atoms with van der Waals surface area (Å²) in [5.41, 5.74) is 7.76. The van der Waals surface area contributed by atoms with Crippen molar-refractivity contribution in [2.45, 2.75) is 18.9 Å². The van der Waals surface area contributed by atoms with Gasteiger partial charge in [0.05, 0.1) is 0 Å². The van der Waals surface area contributed by atoms with Gasteiger partial charge in [-0.1, -0.05) is 41.9 Å². The Morgan fingerprint density at radius 3 is 2.21 bits per heavy atom. The quantitative estimate of drug-likeness (QED) is 0.820. The predicted molar refractivity (Wildman–Crippen MR) is 114 cm³/mol. The first-order chi connectivity index (χ1) is 13.0. The first kappa shape index (κ1) is 22.2. The van der Waals surface area contributed by atoms with E-state index in [1.54, 1.807) is 29.2 Å². The van der Waals surface area contributed by atoms with Crippen LogP contribution in [0.5, 0.6) is 0 Å². The van der Waals surface area contributed by atoms with E-state index in [4.69, 9.17) is 17.3 Å². The summed E-state index contributed by atoms with van der Waals surface area (Å²) in [6.45, 7) is 2.33. The molecule has 150 valence electrons. The Morgan fingerprint density at radius 2 is 1.54 bits per heavy atom. The number of nitrogens with two attached hydrogens (primary N) is 1. The van der Waals surface area contributed by atoms with Crippen molar-refractivity contribution in [3.05, 3.63) is 70.7 Å². The van der Waals surface area contributed by atoms with Crippen LogP contribution in [0.3, 0.4) is 0 Å². The first-order valence-corrected chi connectivity index (χ1v) is 9.55. The second-order valence-electron chi connectivity index (χ2n) is 6.75. The van der Waals surface area contributed by atoms with Crippen LogP contribution in [-0.4, -0.2) is 47.8 Å². The Morgan fingerprint density at radius 1 is 0.929 bits per heavy atom. The fourth-order valence-electron chi connectivity index (χ4n) is 3.28. The largest absolute Gasteiger partial charge is 0.341 e. The average Bonchev–Trinajstić information content (AvgIpc) is 2.95. The zero-order valence-electron chi connectivity index (χ0n) is 15.6. The van der Waals surface area contributed by atoms with Crippen LogP contribution in [0.2, 0.25) is 5.02 Å². The molecule has 28 heavy (non-hydrogen) atoms. The molecule has 0 spiro atoms. The summed E-state index contributed by atoms with van der Waals surface area (Å²) in [4.78, 5) is 28.9. The van der Waals surface area contributed by atoms with Gasteiger partial charge in [0.25, 0.3) is 5.91 Å². The monoisotopic (exact) mass is 421 g/mol. The molecule has 2 N–H and O–H groups in total. The lowest BCUT2D eigenvalue weighted by Gasteiger charge is -2.23. The number of hydrogen-bond donors (Lipinski definition) is 1. The van der Waals surface area contributed by atoms with Crippen LogP contribution < -0.4 is 5.73 Å². The maximum atomic E-state index is 12.7. The Kier molecular flexibility index (Phi) is 8.30. The smallest absolute Gasteiger partial charge is 0.253 e. The Balaban J connectivity index is 0.00000280. The van der Waals surface area contributed by atoms with Crippen molar-refractivity contribution in [2.75, 3.05) is 26.2 Å². The molecular formula is C21H25Cl2N3O2. The van der Waals surface area contributed by atoms with Crippen molar-refractivity contribution in [2.24, 2.45) is 5.73 Å². The highest BCUT2D eigenvalue weighted by molar-refractivity contribution is 6.30. The highest BCUT2D eigenvalue weighted by Crippen LogP contribution is 2.17. The number of nitrogens with zero attached hydrogens (tertiary/aromatic N) is 2. The standard InChI is InChI=1S/C21H24ClN3O2.ClH/c22-18-9-7-17(8-10-18)21(27)25-12-4-11-24(13-14-25)20(26)15-19(23)16-5-2-1-3-6-16;/h1-3,5-10,19H,4,11-15,23H2;1H. The van der Waals surface area contributed by atoms with E-state index in [2.05, 4.69) is 0 Å². The molecule has 1 atom stereocenters. The SMILES string of the molecule is Cl.NC(CC(=O)N1CCCN(C(=O)c2ccc(Cl)cc2)CC1)c1ccccc1. The van der Waals surface area contributed by atoms with Crippen LogP contribution >= 0.6 is 24.0 Å². The first-order valence-electron chi connectivity index (χ1n) is 9.18. The summed E-state index contributed by atoms with van der Waals surface area (Å²) in [6.07, 6.45) is 1.03. The Bertz CT molecular complexity index is 784. The van der Waals surface area contributed by atoms with Crippen LogP contribution in [0.25, 0.3) is 0 Å². The average molecular weight is 422 g/mol. The Hall–Kier alpha value is -2.08. The molecule has 2 aromatic rings. The number of rotatable bonds is 4. The lowest BCUT2D eigenvalue weighted by Crippen LogP contribution is -2.38. The van der Waals surface area contributed by atoms with Gasteiger partial charge in [-0.2, -0.15) is 0 Å². The topological polar surface area (TPSA) is 66.6 Å². The van der Waals surface area contributed by atoms with Crippen molar-refractivity contribution in [1.29, 1.82) is 0 Å². The molecule has 2 amide bonds. The number of halogens is 2. The van der Waals surface area contributed by atoms with Gasteiger partial charge in [-0.15, -0.1) is 12.4 Å². The number of benzene rings is 2. The van der Waals surface area contributed by atoms with Gasteiger partial charge in [-0.3, -0.25) is 9.59 Å². The second-order valence-corrected chi connectivity index (χ2v) is 7.19. The van der Waals surface area contributed by atoms with Crippen molar-refractivity contribution in [3.63, 3.8) is 0 Å². The molecule has 0 bridgehead atoms. The number of amides is 2. The lowest BCUT2D eigenvalue weighted by atomic mass is 10.0. The van der Waals surface area contributed by atoms with Gasteiger partial charge in [-0.25, -0.2) is 0 Å². The molecule has 2 aromatic carbocycles. The molecule has 1 fully saturated rings. The summed E-state index contributed by atoms with van der Waals surface area (Å²) in [5.74, 6) is 0.00842. The van der Waals surface area contributed by atoms with E-state index >= 15 is 0 Å². The van der Waals surface area contributed by atoms with Crippen molar-refractivity contribution in [3.8, 4) is 0 Å². The summed E-state index contributed by atoms with van der Waals surface area (Å²) in [7, 11) is 0. The minimum Gasteiger partial charge on any atom is -0.341 e. The third kappa shape index (κ3) is 5.71. The third-order valence-electron chi connectivity index (χ3n) is 4.85. The van der Waals surface area contributed by atoms with E-state index in [1.807, 2.05) is 35.2 Å². The zero-order chi connectivity index (χ0) is 19.2. The van der Waals surface area contributed by atoms with E-state index in [9.17, 15) is 9.59 Å². The van der Waals surface area contributed by atoms with Crippen LogP contribution in [0, 0.1) is 0 Å². The van der Waals surface area contributed by atoms with E-state index in [0.29, 0.717) is 36.8 Å². The van der Waals surface area contributed by atoms with Crippen LogP contribution in [0.15, 0.2) is 54.6 Å². The van der Waals surface area contributed by atoms with Gasteiger partial charge >= 0.3 is 0 Å². The van der Waals surface area contributed by atoms with Gasteiger partial charge in [0.2, 0.25) is 5.91 Å². The molecule has 0 aliphatic carbocycles. The minimum absolute atomic E-state index is 0. The molecule has 1 aliphatic heterocycles. The number of carbonyl (C=O) groups excluding carboxylic acids is 2. The summed E-state index contributed by atoms with van der Waals surface area (Å²) in [6, 6.07) is 16.2. The fraction of sp³-hybridized carbons (Fsp3) is 0.333.